The summed E-state index contributed by atoms with van der Waals surface area (Å²) in [6, 6.07) is 0. The van der Waals surface area contributed by atoms with Crippen LogP contribution in [-0.4, -0.2) is 37.6 Å². The Morgan fingerprint density at radius 2 is 2.20 bits per heavy atom. The summed E-state index contributed by atoms with van der Waals surface area (Å²) in [5, 5.41) is 5.84. The molecule has 15 heavy (non-hydrogen) atoms. The molecular formula is C11H22N2OS. The van der Waals surface area contributed by atoms with Gasteiger partial charge < -0.3 is 10.6 Å². The van der Waals surface area contributed by atoms with E-state index in [0.29, 0.717) is 13.1 Å². The lowest BCUT2D eigenvalue weighted by molar-refractivity contribution is -0.120. The smallest absolute Gasteiger partial charge is 0.233 e. The summed E-state index contributed by atoms with van der Waals surface area (Å²) < 4.78 is 0. The highest BCUT2D eigenvalue weighted by molar-refractivity contribution is 7.98. The van der Waals surface area contributed by atoms with Gasteiger partial charge >= 0.3 is 0 Å². The molecule has 0 aliphatic rings. The van der Waals surface area contributed by atoms with Crippen LogP contribution in [0.2, 0.25) is 0 Å². The molecule has 0 fully saturated rings. The summed E-state index contributed by atoms with van der Waals surface area (Å²) in [6.45, 7) is 5.43. The quantitative estimate of drug-likeness (QED) is 0.440. The fourth-order valence-corrected chi connectivity index (χ4v) is 1.62. The zero-order valence-corrected chi connectivity index (χ0v) is 10.4. The second-order valence-electron chi connectivity index (χ2n) is 3.32. The molecule has 4 heteroatoms. The lowest BCUT2D eigenvalue weighted by Crippen LogP contribution is -2.34. The predicted molar refractivity (Wildman–Crippen MR) is 68.3 cm³/mol. The van der Waals surface area contributed by atoms with Gasteiger partial charge in [0.25, 0.3) is 0 Å². The van der Waals surface area contributed by atoms with Crippen molar-refractivity contribution in [2.75, 3.05) is 31.6 Å². The van der Waals surface area contributed by atoms with Gasteiger partial charge in [0.15, 0.2) is 0 Å². The van der Waals surface area contributed by atoms with Gasteiger partial charge in [-0.25, -0.2) is 0 Å². The van der Waals surface area contributed by atoms with Gasteiger partial charge in [0.1, 0.15) is 0 Å². The van der Waals surface area contributed by atoms with Crippen LogP contribution in [0.3, 0.4) is 0 Å². The molecule has 3 nitrogen and oxygen atoms in total. The molecule has 0 aromatic carbocycles. The van der Waals surface area contributed by atoms with E-state index in [4.69, 9.17) is 0 Å². The maximum Gasteiger partial charge on any atom is 0.233 e. The average Bonchev–Trinajstić information content (AvgIpc) is 2.23. The Morgan fingerprint density at radius 1 is 1.40 bits per heavy atom. The largest absolute Gasteiger partial charge is 0.355 e. The Kier molecular flexibility index (Phi) is 11.2. The number of carbonyl (C=O) groups excluding carboxylic acids is 1. The van der Waals surface area contributed by atoms with Crippen molar-refractivity contribution in [3.63, 3.8) is 0 Å². The zero-order valence-electron chi connectivity index (χ0n) is 9.55. The summed E-state index contributed by atoms with van der Waals surface area (Å²) in [5.74, 6) is 1.29. The Bertz CT molecular complexity index is 174. The molecule has 0 unspecified atom stereocenters. The predicted octanol–water partition coefficient (Wildman–Crippen LogP) is 1.41. The molecule has 0 atom stereocenters. The first-order chi connectivity index (χ1) is 7.31. The third kappa shape index (κ3) is 11.4. The van der Waals surface area contributed by atoms with E-state index in [2.05, 4.69) is 23.5 Å². The summed E-state index contributed by atoms with van der Waals surface area (Å²) >= 11 is 1.87. The van der Waals surface area contributed by atoms with E-state index in [1.165, 1.54) is 18.6 Å². The van der Waals surface area contributed by atoms with E-state index in [9.17, 15) is 4.79 Å². The van der Waals surface area contributed by atoms with Gasteiger partial charge in [-0.15, -0.1) is 6.58 Å². The number of hydrogen-bond acceptors (Lipinski definition) is 3. The van der Waals surface area contributed by atoms with Crippen molar-refractivity contribution in [2.24, 2.45) is 0 Å². The van der Waals surface area contributed by atoms with Crippen LogP contribution in [0.1, 0.15) is 19.3 Å². The number of amides is 1. The molecule has 0 spiro atoms. The molecule has 0 heterocycles. The maximum absolute atomic E-state index is 11.2. The molecule has 0 saturated carbocycles. The van der Waals surface area contributed by atoms with Gasteiger partial charge in [-0.05, 0) is 24.9 Å². The maximum atomic E-state index is 11.2. The molecule has 0 radical (unpaired) electrons. The number of thioether (sulfide) groups is 1. The minimum absolute atomic E-state index is 0.0710. The van der Waals surface area contributed by atoms with E-state index in [1.54, 1.807) is 6.08 Å². The number of nitrogens with one attached hydrogen (secondary N) is 2. The fourth-order valence-electron chi connectivity index (χ4n) is 1.13. The lowest BCUT2D eigenvalue weighted by Gasteiger charge is -2.05. The normalized spacial score (nSPS) is 9.93. The van der Waals surface area contributed by atoms with Crippen LogP contribution in [0.15, 0.2) is 12.7 Å². The Hall–Kier alpha value is -0.480. The highest BCUT2D eigenvalue weighted by Gasteiger charge is 1.97. The second-order valence-corrected chi connectivity index (χ2v) is 4.31. The van der Waals surface area contributed by atoms with Gasteiger partial charge in [0, 0.05) is 13.1 Å². The van der Waals surface area contributed by atoms with Crippen molar-refractivity contribution in [1.82, 2.24) is 10.6 Å². The Morgan fingerprint density at radius 3 is 2.87 bits per heavy atom. The molecule has 0 aromatic heterocycles. The number of unbranched alkanes of at least 4 members (excludes halogenated alkanes) is 2. The first-order valence-corrected chi connectivity index (χ1v) is 6.78. The van der Waals surface area contributed by atoms with Crippen molar-refractivity contribution in [2.45, 2.75) is 19.3 Å². The summed E-state index contributed by atoms with van der Waals surface area (Å²) in [4.78, 5) is 11.2. The van der Waals surface area contributed by atoms with Gasteiger partial charge in [-0.1, -0.05) is 12.5 Å². The summed E-state index contributed by atoms with van der Waals surface area (Å²) in [6.07, 6.45) is 7.38. The lowest BCUT2D eigenvalue weighted by atomic mass is 10.2. The second kappa shape index (κ2) is 11.6. The van der Waals surface area contributed by atoms with Gasteiger partial charge in [0.2, 0.25) is 5.91 Å². The first kappa shape index (κ1) is 14.5. The number of rotatable bonds is 10. The molecule has 2 N–H and O–H groups in total. The van der Waals surface area contributed by atoms with E-state index >= 15 is 0 Å². The van der Waals surface area contributed by atoms with E-state index in [0.717, 1.165) is 13.0 Å². The first-order valence-electron chi connectivity index (χ1n) is 5.38. The van der Waals surface area contributed by atoms with Gasteiger partial charge in [0.05, 0.1) is 6.54 Å². The van der Waals surface area contributed by atoms with E-state index in [-0.39, 0.29) is 5.91 Å². The van der Waals surface area contributed by atoms with Crippen LogP contribution >= 0.6 is 11.8 Å². The van der Waals surface area contributed by atoms with Crippen molar-refractivity contribution in [1.29, 1.82) is 0 Å². The van der Waals surface area contributed by atoms with Crippen LogP contribution in [-0.2, 0) is 4.79 Å². The Labute approximate surface area is 97.1 Å². The molecule has 0 saturated heterocycles. The van der Waals surface area contributed by atoms with Crippen LogP contribution in [0.5, 0.6) is 0 Å². The van der Waals surface area contributed by atoms with Crippen molar-refractivity contribution in [3.8, 4) is 0 Å². The fraction of sp³-hybridized carbons (Fsp3) is 0.727. The van der Waals surface area contributed by atoms with Crippen molar-refractivity contribution >= 4 is 17.7 Å². The minimum atomic E-state index is 0.0710. The molecule has 0 bridgehead atoms. The van der Waals surface area contributed by atoms with Gasteiger partial charge in [-0.3, -0.25) is 4.79 Å². The molecule has 0 aliphatic carbocycles. The summed E-state index contributed by atoms with van der Waals surface area (Å²) in [7, 11) is 0. The monoisotopic (exact) mass is 230 g/mol. The van der Waals surface area contributed by atoms with Crippen LogP contribution in [0, 0.1) is 0 Å². The highest BCUT2D eigenvalue weighted by Crippen LogP contribution is 2.00. The van der Waals surface area contributed by atoms with Crippen LogP contribution in [0.4, 0.5) is 0 Å². The standard InChI is InChI=1S/C11H22N2OS/c1-3-7-12-10-11(14)13-8-5-4-6-9-15-2/h3,12H,1,4-10H2,2H3,(H,13,14). The minimum Gasteiger partial charge on any atom is -0.355 e. The third-order valence-electron chi connectivity index (χ3n) is 1.92. The van der Waals surface area contributed by atoms with E-state index in [1.807, 2.05) is 11.8 Å². The SMILES string of the molecule is C=CCNCC(=O)NCCCCCSC. The molecule has 1 amide bonds. The van der Waals surface area contributed by atoms with Crippen LogP contribution < -0.4 is 10.6 Å². The van der Waals surface area contributed by atoms with E-state index < -0.39 is 0 Å². The van der Waals surface area contributed by atoms with Crippen molar-refractivity contribution < 1.29 is 4.79 Å². The third-order valence-corrected chi connectivity index (χ3v) is 2.62. The average molecular weight is 230 g/mol. The van der Waals surface area contributed by atoms with Gasteiger partial charge in [-0.2, -0.15) is 11.8 Å². The molecule has 0 aliphatic heterocycles. The van der Waals surface area contributed by atoms with Crippen LogP contribution in [0.25, 0.3) is 0 Å². The highest BCUT2D eigenvalue weighted by atomic mass is 32.2. The molecular weight excluding hydrogens is 208 g/mol. The summed E-state index contributed by atoms with van der Waals surface area (Å²) in [5.41, 5.74) is 0. The zero-order chi connectivity index (χ0) is 11.4. The number of hydrogen-bond donors (Lipinski definition) is 2. The molecule has 88 valence electrons. The topological polar surface area (TPSA) is 41.1 Å². The molecule has 0 rings (SSSR count). The molecule has 0 aromatic rings. The number of carbonyl (C=O) groups is 1. The Balaban J connectivity index is 3.13. The van der Waals surface area contributed by atoms with Crippen molar-refractivity contribution in [3.05, 3.63) is 12.7 Å².